The number of aryl methyl sites for hydroxylation is 1. The van der Waals surface area contributed by atoms with Gasteiger partial charge >= 0.3 is 0 Å². The van der Waals surface area contributed by atoms with Gasteiger partial charge in [-0.15, -0.1) is 0 Å². The molecule has 0 aromatic heterocycles. The molecule has 0 bridgehead atoms. The minimum Gasteiger partial charge on any atom is -0.481 e. The van der Waals surface area contributed by atoms with Gasteiger partial charge in [0.15, 0.2) is 6.10 Å². The molecular weight excluding hydrogens is 276 g/mol. The van der Waals surface area contributed by atoms with Gasteiger partial charge in [0.1, 0.15) is 5.75 Å². The van der Waals surface area contributed by atoms with Gasteiger partial charge in [-0.2, -0.15) is 0 Å². The van der Waals surface area contributed by atoms with Gasteiger partial charge in [0.25, 0.3) is 5.91 Å². The lowest BCUT2D eigenvalue weighted by molar-refractivity contribution is -0.139. The summed E-state index contributed by atoms with van der Waals surface area (Å²) in [5, 5.41) is 4.02. The third-order valence-electron chi connectivity index (χ3n) is 3.47. The number of nitrogens with one attached hydrogen (secondary N) is 1. The zero-order chi connectivity index (χ0) is 14.7. The first-order valence-corrected chi connectivity index (χ1v) is 7.30. The van der Waals surface area contributed by atoms with Crippen molar-refractivity contribution in [1.29, 1.82) is 0 Å². The van der Waals surface area contributed by atoms with Crippen LogP contribution in [0.4, 0.5) is 0 Å². The molecule has 1 aromatic rings. The molecule has 1 saturated heterocycles. The van der Waals surface area contributed by atoms with Gasteiger partial charge in [-0.05, 0) is 44.5 Å². The summed E-state index contributed by atoms with van der Waals surface area (Å²) in [5.74, 6) is 0.710. The van der Waals surface area contributed by atoms with Crippen molar-refractivity contribution in [3.63, 3.8) is 0 Å². The molecule has 1 aliphatic rings. The van der Waals surface area contributed by atoms with Gasteiger partial charge in [0.2, 0.25) is 0 Å². The number of benzene rings is 1. The maximum Gasteiger partial charge on any atom is 0.263 e. The fourth-order valence-corrected chi connectivity index (χ4v) is 2.45. The Morgan fingerprint density at radius 2 is 2.30 bits per heavy atom. The normalized spacial score (nSPS) is 20.6. The fraction of sp³-hybridized carbons (Fsp3) is 0.533. The molecule has 1 amide bonds. The number of halogens is 1. The highest BCUT2D eigenvalue weighted by atomic mass is 35.5. The van der Waals surface area contributed by atoms with Crippen molar-refractivity contribution < 1.29 is 9.53 Å². The van der Waals surface area contributed by atoms with Crippen LogP contribution in [0, 0.1) is 6.92 Å². The highest BCUT2D eigenvalue weighted by Crippen LogP contribution is 2.22. The third-order valence-corrected chi connectivity index (χ3v) is 3.89. The maximum absolute atomic E-state index is 12.3. The molecule has 1 fully saturated rings. The van der Waals surface area contributed by atoms with Gasteiger partial charge in [-0.3, -0.25) is 4.79 Å². The first-order chi connectivity index (χ1) is 9.47. The Morgan fingerprint density at radius 3 is 2.95 bits per heavy atom. The number of piperazine rings is 1. The molecule has 0 saturated carbocycles. The molecule has 1 heterocycles. The number of carbonyl (C=O) groups excluding carboxylic acids is 1. The molecule has 20 heavy (non-hydrogen) atoms. The van der Waals surface area contributed by atoms with Crippen LogP contribution in [0.5, 0.6) is 5.75 Å². The van der Waals surface area contributed by atoms with Gasteiger partial charge in [0, 0.05) is 30.7 Å². The zero-order valence-electron chi connectivity index (χ0n) is 12.1. The second-order valence-electron chi connectivity index (χ2n) is 5.31. The van der Waals surface area contributed by atoms with E-state index < -0.39 is 6.10 Å². The first kappa shape index (κ1) is 15.1. The summed E-state index contributed by atoms with van der Waals surface area (Å²) in [7, 11) is 0. The number of hydrogen-bond acceptors (Lipinski definition) is 3. The Morgan fingerprint density at radius 1 is 1.55 bits per heavy atom. The fourth-order valence-electron chi connectivity index (χ4n) is 2.33. The SMILES string of the molecule is Cc1cc(OC(C)C(=O)N2CCNC(C)C2)ccc1Cl. The summed E-state index contributed by atoms with van der Waals surface area (Å²) in [6.07, 6.45) is -0.485. The average Bonchev–Trinajstić information content (AvgIpc) is 2.42. The second-order valence-corrected chi connectivity index (χ2v) is 5.72. The van der Waals surface area contributed by atoms with Crippen molar-refractivity contribution in [1.82, 2.24) is 10.2 Å². The number of hydrogen-bond donors (Lipinski definition) is 1. The summed E-state index contributed by atoms with van der Waals surface area (Å²) >= 11 is 5.98. The van der Waals surface area contributed by atoms with Crippen molar-refractivity contribution in [2.75, 3.05) is 19.6 Å². The Bertz CT molecular complexity index is 493. The smallest absolute Gasteiger partial charge is 0.263 e. The van der Waals surface area contributed by atoms with Crippen LogP contribution in [-0.4, -0.2) is 42.6 Å². The minimum absolute atomic E-state index is 0.0333. The Balaban J connectivity index is 1.98. The summed E-state index contributed by atoms with van der Waals surface area (Å²) in [6, 6.07) is 5.76. The van der Waals surface area contributed by atoms with Gasteiger partial charge in [-0.1, -0.05) is 11.6 Å². The van der Waals surface area contributed by atoms with Crippen LogP contribution in [0.25, 0.3) is 0 Å². The molecule has 1 N–H and O–H groups in total. The number of amides is 1. The van der Waals surface area contributed by atoms with E-state index in [4.69, 9.17) is 16.3 Å². The van der Waals surface area contributed by atoms with Gasteiger partial charge in [0.05, 0.1) is 0 Å². The molecule has 2 unspecified atom stereocenters. The monoisotopic (exact) mass is 296 g/mol. The number of nitrogens with zero attached hydrogens (tertiary/aromatic N) is 1. The molecular formula is C15H21ClN2O2. The quantitative estimate of drug-likeness (QED) is 0.930. The van der Waals surface area contributed by atoms with E-state index in [1.54, 1.807) is 19.1 Å². The number of ether oxygens (including phenoxy) is 1. The van der Waals surface area contributed by atoms with Crippen LogP contribution in [0.3, 0.4) is 0 Å². The predicted octanol–water partition coefficient (Wildman–Crippen LogP) is 2.24. The minimum atomic E-state index is -0.485. The van der Waals surface area contributed by atoms with E-state index in [0.717, 1.165) is 25.2 Å². The largest absolute Gasteiger partial charge is 0.481 e. The molecule has 5 heteroatoms. The van der Waals surface area contributed by atoms with Crippen LogP contribution >= 0.6 is 11.6 Å². The standard InChI is InChI=1S/C15H21ClN2O2/c1-10-8-13(4-5-14(10)16)20-12(3)15(19)18-7-6-17-11(2)9-18/h4-5,8,11-12,17H,6-7,9H2,1-3H3. The molecule has 0 radical (unpaired) electrons. The zero-order valence-corrected chi connectivity index (χ0v) is 12.9. The summed E-state index contributed by atoms with van der Waals surface area (Å²) in [5.41, 5.74) is 0.944. The lowest BCUT2D eigenvalue weighted by Crippen LogP contribution is -2.54. The van der Waals surface area contributed by atoms with Crippen molar-refractivity contribution in [2.24, 2.45) is 0 Å². The van der Waals surface area contributed by atoms with Crippen molar-refractivity contribution >= 4 is 17.5 Å². The molecule has 0 spiro atoms. The van der Waals surface area contributed by atoms with E-state index >= 15 is 0 Å². The van der Waals surface area contributed by atoms with Crippen LogP contribution in [0.1, 0.15) is 19.4 Å². The molecule has 1 aromatic carbocycles. The molecule has 2 rings (SSSR count). The second kappa shape index (κ2) is 6.46. The Kier molecular flexibility index (Phi) is 4.89. The Labute approximate surface area is 125 Å². The van der Waals surface area contributed by atoms with E-state index in [-0.39, 0.29) is 5.91 Å². The molecule has 1 aliphatic heterocycles. The molecule has 110 valence electrons. The van der Waals surface area contributed by atoms with E-state index in [9.17, 15) is 4.79 Å². The highest BCUT2D eigenvalue weighted by Gasteiger charge is 2.25. The van der Waals surface area contributed by atoms with E-state index in [0.29, 0.717) is 16.8 Å². The number of rotatable bonds is 3. The van der Waals surface area contributed by atoms with Crippen molar-refractivity contribution in [2.45, 2.75) is 32.9 Å². The van der Waals surface area contributed by atoms with Crippen LogP contribution in [-0.2, 0) is 4.79 Å². The number of carbonyl (C=O) groups is 1. The predicted molar refractivity (Wildman–Crippen MR) is 80.3 cm³/mol. The summed E-state index contributed by atoms with van der Waals surface area (Å²) in [6.45, 7) is 8.08. The first-order valence-electron chi connectivity index (χ1n) is 6.92. The van der Waals surface area contributed by atoms with Gasteiger partial charge < -0.3 is 15.0 Å². The van der Waals surface area contributed by atoms with E-state index in [2.05, 4.69) is 12.2 Å². The van der Waals surface area contributed by atoms with E-state index in [1.165, 1.54) is 0 Å². The highest BCUT2D eigenvalue weighted by molar-refractivity contribution is 6.31. The van der Waals surface area contributed by atoms with Crippen LogP contribution in [0.15, 0.2) is 18.2 Å². The van der Waals surface area contributed by atoms with Crippen LogP contribution < -0.4 is 10.1 Å². The molecule has 4 nitrogen and oxygen atoms in total. The van der Waals surface area contributed by atoms with Gasteiger partial charge in [-0.25, -0.2) is 0 Å². The third kappa shape index (κ3) is 3.64. The molecule has 2 atom stereocenters. The molecule has 0 aliphatic carbocycles. The maximum atomic E-state index is 12.3. The lowest BCUT2D eigenvalue weighted by Gasteiger charge is -2.33. The van der Waals surface area contributed by atoms with Crippen LogP contribution in [0.2, 0.25) is 5.02 Å². The van der Waals surface area contributed by atoms with Crippen molar-refractivity contribution in [3.8, 4) is 5.75 Å². The topological polar surface area (TPSA) is 41.6 Å². The summed E-state index contributed by atoms with van der Waals surface area (Å²) < 4.78 is 5.73. The summed E-state index contributed by atoms with van der Waals surface area (Å²) in [4.78, 5) is 14.2. The van der Waals surface area contributed by atoms with E-state index in [1.807, 2.05) is 17.9 Å². The Hall–Kier alpha value is -1.26. The average molecular weight is 297 g/mol. The van der Waals surface area contributed by atoms with Crippen molar-refractivity contribution in [3.05, 3.63) is 28.8 Å². The lowest BCUT2D eigenvalue weighted by atomic mass is 10.2.